The minimum atomic E-state index is -0.444. The van der Waals surface area contributed by atoms with E-state index in [4.69, 9.17) is 0 Å². The third kappa shape index (κ3) is 2.69. The van der Waals surface area contributed by atoms with E-state index in [0.717, 1.165) is 22.3 Å². The highest BCUT2D eigenvalue weighted by molar-refractivity contribution is 6.49. The number of rotatable bonds is 3. The van der Waals surface area contributed by atoms with Gasteiger partial charge in [0.25, 0.3) is 0 Å². The summed E-state index contributed by atoms with van der Waals surface area (Å²) in [5, 5.41) is 0. The van der Waals surface area contributed by atoms with E-state index in [1.54, 1.807) is 12.1 Å². The van der Waals surface area contributed by atoms with Crippen molar-refractivity contribution in [1.29, 1.82) is 0 Å². The Morgan fingerprint density at radius 3 is 1.70 bits per heavy atom. The number of benzene rings is 2. The van der Waals surface area contributed by atoms with Gasteiger partial charge in [0.2, 0.25) is 11.6 Å². The molecule has 2 aromatic rings. The van der Waals surface area contributed by atoms with Gasteiger partial charge in [-0.25, -0.2) is 0 Å². The first kappa shape index (κ1) is 14.2. The predicted molar refractivity (Wildman–Crippen MR) is 80.5 cm³/mol. The monoisotopic (exact) mass is 266 g/mol. The highest BCUT2D eigenvalue weighted by atomic mass is 16.2. The quantitative estimate of drug-likeness (QED) is 0.622. The fourth-order valence-corrected chi connectivity index (χ4v) is 2.49. The van der Waals surface area contributed by atoms with Crippen molar-refractivity contribution in [2.24, 2.45) is 0 Å². The van der Waals surface area contributed by atoms with Gasteiger partial charge in [0.1, 0.15) is 0 Å². The molecule has 0 aliphatic heterocycles. The molecular formula is C18H18O2. The highest BCUT2D eigenvalue weighted by Gasteiger charge is 2.21. The minimum Gasteiger partial charge on any atom is -0.285 e. The Bertz CT molecular complexity index is 656. The van der Waals surface area contributed by atoms with Crippen LogP contribution in [-0.4, -0.2) is 11.6 Å². The molecule has 2 aromatic carbocycles. The molecule has 0 bridgehead atoms. The molecule has 0 aliphatic carbocycles. The van der Waals surface area contributed by atoms with Crippen LogP contribution in [-0.2, 0) is 0 Å². The number of ketones is 2. The van der Waals surface area contributed by atoms with Gasteiger partial charge in [0.05, 0.1) is 0 Å². The third-order valence-corrected chi connectivity index (χ3v) is 3.42. The van der Waals surface area contributed by atoms with Crippen LogP contribution in [0, 0.1) is 27.7 Å². The number of hydrogen-bond donors (Lipinski definition) is 0. The van der Waals surface area contributed by atoms with Gasteiger partial charge in [-0.05, 0) is 38.8 Å². The van der Waals surface area contributed by atoms with E-state index in [1.807, 2.05) is 52.0 Å². The molecule has 102 valence electrons. The summed E-state index contributed by atoms with van der Waals surface area (Å²) in [5.41, 5.74) is 4.85. The summed E-state index contributed by atoms with van der Waals surface area (Å²) in [5.74, 6) is -0.871. The molecule has 20 heavy (non-hydrogen) atoms. The van der Waals surface area contributed by atoms with Crippen LogP contribution < -0.4 is 0 Å². The Labute approximate surface area is 119 Å². The van der Waals surface area contributed by atoms with E-state index >= 15 is 0 Å². The maximum absolute atomic E-state index is 12.4. The lowest BCUT2D eigenvalue weighted by Gasteiger charge is -2.09. The van der Waals surface area contributed by atoms with Crippen molar-refractivity contribution in [1.82, 2.24) is 0 Å². The first-order chi connectivity index (χ1) is 9.40. The smallest absolute Gasteiger partial charge is 0.234 e. The maximum atomic E-state index is 12.4. The van der Waals surface area contributed by atoms with Crippen LogP contribution in [0.3, 0.4) is 0 Å². The molecule has 0 aromatic heterocycles. The van der Waals surface area contributed by atoms with Crippen LogP contribution in [0.15, 0.2) is 36.4 Å². The molecule has 2 heteroatoms. The van der Waals surface area contributed by atoms with Crippen molar-refractivity contribution in [3.05, 3.63) is 69.8 Å². The number of hydrogen-bond acceptors (Lipinski definition) is 2. The number of carbonyl (C=O) groups excluding carboxylic acids is 2. The Morgan fingerprint density at radius 1 is 0.700 bits per heavy atom. The number of carbonyl (C=O) groups is 2. The summed E-state index contributed by atoms with van der Waals surface area (Å²) in [6, 6.07) is 11.0. The van der Waals surface area contributed by atoms with Crippen molar-refractivity contribution in [2.45, 2.75) is 27.7 Å². The van der Waals surface area contributed by atoms with Crippen molar-refractivity contribution < 1.29 is 9.59 Å². The molecule has 2 nitrogen and oxygen atoms in total. The van der Waals surface area contributed by atoms with Gasteiger partial charge in [0.15, 0.2) is 0 Å². The molecular weight excluding hydrogens is 248 g/mol. The lowest BCUT2D eigenvalue weighted by atomic mass is 9.92. The second-order valence-corrected chi connectivity index (χ2v) is 5.30. The Hall–Kier alpha value is -2.22. The fourth-order valence-electron chi connectivity index (χ4n) is 2.49. The van der Waals surface area contributed by atoms with Crippen LogP contribution in [0.25, 0.3) is 0 Å². The SMILES string of the molecule is Cc1ccc(C(=O)C(=O)c2c(C)cc(C)cc2C)cc1. The molecule has 0 aliphatic rings. The van der Waals surface area contributed by atoms with E-state index < -0.39 is 11.6 Å². The largest absolute Gasteiger partial charge is 0.285 e. The second kappa shape index (κ2) is 5.41. The summed E-state index contributed by atoms with van der Waals surface area (Å²) in [4.78, 5) is 24.7. The Morgan fingerprint density at radius 2 is 1.20 bits per heavy atom. The van der Waals surface area contributed by atoms with Gasteiger partial charge in [-0.2, -0.15) is 0 Å². The highest BCUT2D eigenvalue weighted by Crippen LogP contribution is 2.19. The second-order valence-electron chi connectivity index (χ2n) is 5.30. The zero-order valence-corrected chi connectivity index (χ0v) is 12.3. The average Bonchev–Trinajstić information content (AvgIpc) is 2.37. The molecule has 0 spiro atoms. The van der Waals surface area contributed by atoms with E-state index in [2.05, 4.69) is 0 Å². The number of aryl methyl sites for hydroxylation is 4. The van der Waals surface area contributed by atoms with Gasteiger partial charge in [0, 0.05) is 11.1 Å². The topological polar surface area (TPSA) is 34.1 Å². The lowest BCUT2D eigenvalue weighted by molar-refractivity contribution is 0.0816. The predicted octanol–water partition coefficient (Wildman–Crippen LogP) is 3.99. The summed E-state index contributed by atoms with van der Waals surface area (Å²) in [6.45, 7) is 7.67. The van der Waals surface area contributed by atoms with Crippen molar-refractivity contribution in [3.8, 4) is 0 Å². The Balaban J connectivity index is 2.41. The van der Waals surface area contributed by atoms with Crippen molar-refractivity contribution in [3.63, 3.8) is 0 Å². The van der Waals surface area contributed by atoms with Crippen LogP contribution in [0.5, 0.6) is 0 Å². The molecule has 0 atom stereocenters. The van der Waals surface area contributed by atoms with Gasteiger partial charge in [-0.1, -0.05) is 47.5 Å². The Kier molecular flexibility index (Phi) is 3.84. The van der Waals surface area contributed by atoms with Crippen LogP contribution in [0.2, 0.25) is 0 Å². The summed E-state index contributed by atoms with van der Waals surface area (Å²) in [7, 11) is 0. The van der Waals surface area contributed by atoms with E-state index in [0.29, 0.717) is 11.1 Å². The molecule has 2 rings (SSSR count). The summed E-state index contributed by atoms with van der Waals surface area (Å²) < 4.78 is 0. The van der Waals surface area contributed by atoms with Crippen LogP contribution in [0.1, 0.15) is 43.0 Å². The normalized spacial score (nSPS) is 10.4. The maximum Gasteiger partial charge on any atom is 0.234 e. The summed E-state index contributed by atoms with van der Waals surface area (Å²) >= 11 is 0. The molecule has 0 saturated carbocycles. The van der Waals surface area contributed by atoms with Crippen molar-refractivity contribution in [2.75, 3.05) is 0 Å². The van der Waals surface area contributed by atoms with Gasteiger partial charge in [-0.3, -0.25) is 9.59 Å². The van der Waals surface area contributed by atoms with Gasteiger partial charge < -0.3 is 0 Å². The molecule has 0 saturated heterocycles. The van der Waals surface area contributed by atoms with Crippen LogP contribution in [0.4, 0.5) is 0 Å². The van der Waals surface area contributed by atoms with E-state index in [1.165, 1.54) is 0 Å². The molecule has 0 heterocycles. The van der Waals surface area contributed by atoms with Gasteiger partial charge in [-0.15, -0.1) is 0 Å². The molecule has 0 radical (unpaired) electrons. The first-order valence-corrected chi connectivity index (χ1v) is 6.63. The molecule has 0 fully saturated rings. The molecule has 0 amide bonds. The van der Waals surface area contributed by atoms with E-state index in [-0.39, 0.29) is 0 Å². The minimum absolute atomic E-state index is 0.427. The standard InChI is InChI=1S/C18H18O2/c1-11-5-7-15(8-6-11)17(19)18(20)16-13(3)9-12(2)10-14(16)4/h5-10H,1-4H3. The van der Waals surface area contributed by atoms with Gasteiger partial charge >= 0.3 is 0 Å². The number of Topliss-reactive ketones (excluding diaryl/α,β-unsaturated/α-hetero) is 2. The van der Waals surface area contributed by atoms with Crippen molar-refractivity contribution >= 4 is 11.6 Å². The summed E-state index contributed by atoms with van der Waals surface area (Å²) in [6.07, 6.45) is 0. The average molecular weight is 266 g/mol. The third-order valence-electron chi connectivity index (χ3n) is 3.42. The lowest BCUT2D eigenvalue weighted by Crippen LogP contribution is -2.17. The first-order valence-electron chi connectivity index (χ1n) is 6.63. The molecule has 0 N–H and O–H groups in total. The fraction of sp³-hybridized carbons (Fsp3) is 0.222. The van der Waals surface area contributed by atoms with Crippen LogP contribution >= 0.6 is 0 Å². The zero-order valence-electron chi connectivity index (χ0n) is 12.3. The zero-order chi connectivity index (χ0) is 14.9. The van der Waals surface area contributed by atoms with E-state index in [9.17, 15) is 9.59 Å². The molecule has 0 unspecified atom stereocenters.